The van der Waals surface area contributed by atoms with Gasteiger partial charge in [-0.25, -0.2) is 0 Å². The molecule has 0 heterocycles. The minimum Gasteiger partial charge on any atom is -0.329 e. The van der Waals surface area contributed by atoms with Crippen LogP contribution in [0.4, 0.5) is 0 Å². The average molecular weight is 198 g/mol. The first kappa shape index (κ1) is 12.0. The van der Waals surface area contributed by atoms with Crippen LogP contribution < -0.4 is 5.73 Å². The molecule has 0 radical (unpaired) electrons. The van der Waals surface area contributed by atoms with Crippen LogP contribution in [0.15, 0.2) is 0 Å². The standard InChI is InChI=1S/C12H26N2/c1-3-4-8-12(9-13)14(2)10-11-6-5-7-11/h11-12H,3-10,13H2,1-2H3. The van der Waals surface area contributed by atoms with E-state index in [2.05, 4.69) is 18.9 Å². The minimum absolute atomic E-state index is 0.621. The molecule has 0 aromatic carbocycles. The van der Waals surface area contributed by atoms with Gasteiger partial charge in [-0.2, -0.15) is 0 Å². The SMILES string of the molecule is CCCCC(CN)N(C)CC1CCC1. The monoisotopic (exact) mass is 198 g/mol. The molecule has 1 atom stereocenters. The Bertz CT molecular complexity index is 143. The quantitative estimate of drug-likeness (QED) is 0.680. The van der Waals surface area contributed by atoms with Gasteiger partial charge in [-0.15, -0.1) is 0 Å². The summed E-state index contributed by atoms with van der Waals surface area (Å²) in [5.74, 6) is 0.968. The van der Waals surface area contributed by atoms with Gasteiger partial charge in [0, 0.05) is 19.1 Å². The lowest BCUT2D eigenvalue weighted by atomic mass is 9.85. The Balaban J connectivity index is 2.19. The van der Waals surface area contributed by atoms with Crippen molar-refractivity contribution in [3.05, 3.63) is 0 Å². The smallest absolute Gasteiger partial charge is 0.0215 e. The maximum atomic E-state index is 5.81. The van der Waals surface area contributed by atoms with E-state index in [1.54, 1.807) is 0 Å². The van der Waals surface area contributed by atoms with Crippen LogP contribution in [-0.4, -0.2) is 31.1 Å². The van der Waals surface area contributed by atoms with Crippen LogP contribution in [0.3, 0.4) is 0 Å². The summed E-state index contributed by atoms with van der Waals surface area (Å²) in [6, 6.07) is 0.621. The third-order valence-electron chi connectivity index (χ3n) is 3.56. The lowest BCUT2D eigenvalue weighted by Crippen LogP contribution is -2.41. The van der Waals surface area contributed by atoms with Gasteiger partial charge in [0.15, 0.2) is 0 Å². The van der Waals surface area contributed by atoms with Crippen LogP contribution in [0.1, 0.15) is 45.4 Å². The van der Waals surface area contributed by atoms with E-state index < -0.39 is 0 Å². The van der Waals surface area contributed by atoms with Crippen molar-refractivity contribution in [2.75, 3.05) is 20.1 Å². The summed E-state index contributed by atoms with van der Waals surface area (Å²) >= 11 is 0. The van der Waals surface area contributed by atoms with E-state index in [9.17, 15) is 0 Å². The van der Waals surface area contributed by atoms with Crippen molar-refractivity contribution in [2.45, 2.75) is 51.5 Å². The lowest BCUT2D eigenvalue weighted by Gasteiger charge is -2.34. The molecular formula is C12H26N2. The van der Waals surface area contributed by atoms with Crippen molar-refractivity contribution in [3.8, 4) is 0 Å². The van der Waals surface area contributed by atoms with Gasteiger partial charge in [-0.1, -0.05) is 26.2 Å². The zero-order chi connectivity index (χ0) is 10.4. The number of unbranched alkanes of at least 4 members (excludes halogenated alkanes) is 1. The largest absolute Gasteiger partial charge is 0.329 e. The molecule has 0 aliphatic heterocycles. The molecule has 1 unspecified atom stereocenters. The molecule has 0 aromatic heterocycles. The highest BCUT2D eigenvalue weighted by molar-refractivity contribution is 4.77. The number of rotatable bonds is 7. The fourth-order valence-electron chi connectivity index (χ4n) is 2.19. The highest BCUT2D eigenvalue weighted by Gasteiger charge is 2.21. The van der Waals surface area contributed by atoms with Gasteiger partial charge in [0.25, 0.3) is 0 Å². The fraction of sp³-hybridized carbons (Fsp3) is 1.00. The van der Waals surface area contributed by atoms with Crippen LogP contribution in [0, 0.1) is 5.92 Å². The number of likely N-dealkylation sites (N-methyl/N-ethyl adjacent to an activating group) is 1. The van der Waals surface area contributed by atoms with Gasteiger partial charge in [-0.3, -0.25) is 0 Å². The number of hydrogen-bond donors (Lipinski definition) is 1. The molecule has 2 N–H and O–H groups in total. The maximum absolute atomic E-state index is 5.81. The molecule has 1 aliphatic carbocycles. The minimum atomic E-state index is 0.621. The Morgan fingerprint density at radius 3 is 2.57 bits per heavy atom. The molecule has 1 saturated carbocycles. The second kappa shape index (κ2) is 6.41. The first-order valence-electron chi connectivity index (χ1n) is 6.18. The van der Waals surface area contributed by atoms with Crippen molar-refractivity contribution >= 4 is 0 Å². The highest BCUT2D eigenvalue weighted by Crippen LogP contribution is 2.27. The predicted molar refractivity (Wildman–Crippen MR) is 62.3 cm³/mol. The Morgan fingerprint density at radius 2 is 2.14 bits per heavy atom. The first-order valence-corrected chi connectivity index (χ1v) is 6.18. The lowest BCUT2D eigenvalue weighted by molar-refractivity contribution is 0.157. The molecule has 0 aromatic rings. The summed E-state index contributed by atoms with van der Waals surface area (Å²) in [7, 11) is 2.24. The van der Waals surface area contributed by atoms with Gasteiger partial charge in [0.05, 0.1) is 0 Å². The third-order valence-corrected chi connectivity index (χ3v) is 3.56. The predicted octanol–water partition coefficient (Wildman–Crippen LogP) is 2.24. The maximum Gasteiger partial charge on any atom is 0.0215 e. The summed E-state index contributed by atoms with van der Waals surface area (Å²) in [6.45, 7) is 4.34. The fourth-order valence-corrected chi connectivity index (χ4v) is 2.19. The molecule has 1 fully saturated rings. The second-order valence-electron chi connectivity index (χ2n) is 4.77. The average Bonchev–Trinajstić information content (AvgIpc) is 2.13. The van der Waals surface area contributed by atoms with E-state index in [-0.39, 0.29) is 0 Å². The van der Waals surface area contributed by atoms with E-state index in [0.29, 0.717) is 6.04 Å². The molecule has 0 spiro atoms. The summed E-state index contributed by atoms with van der Waals surface area (Å²) < 4.78 is 0. The van der Waals surface area contributed by atoms with E-state index in [1.807, 2.05) is 0 Å². The molecular weight excluding hydrogens is 172 g/mol. The van der Waals surface area contributed by atoms with Gasteiger partial charge in [-0.05, 0) is 32.2 Å². The summed E-state index contributed by atoms with van der Waals surface area (Å²) in [6.07, 6.45) is 8.20. The molecule has 0 amide bonds. The zero-order valence-electron chi connectivity index (χ0n) is 9.84. The zero-order valence-corrected chi connectivity index (χ0v) is 9.84. The number of nitrogens with two attached hydrogens (primary N) is 1. The summed E-state index contributed by atoms with van der Waals surface area (Å²) in [4.78, 5) is 2.49. The Labute approximate surface area is 88.8 Å². The Kier molecular flexibility index (Phi) is 5.49. The molecule has 0 saturated heterocycles. The topological polar surface area (TPSA) is 29.3 Å². The van der Waals surface area contributed by atoms with Crippen LogP contribution in [-0.2, 0) is 0 Å². The Morgan fingerprint density at radius 1 is 1.43 bits per heavy atom. The second-order valence-corrected chi connectivity index (χ2v) is 4.77. The van der Waals surface area contributed by atoms with Gasteiger partial charge in [0.2, 0.25) is 0 Å². The molecule has 84 valence electrons. The molecule has 14 heavy (non-hydrogen) atoms. The Hall–Kier alpha value is -0.0800. The van der Waals surface area contributed by atoms with Gasteiger partial charge >= 0.3 is 0 Å². The third kappa shape index (κ3) is 3.58. The summed E-state index contributed by atoms with van der Waals surface area (Å²) in [5, 5.41) is 0. The van der Waals surface area contributed by atoms with Crippen LogP contribution in [0.5, 0.6) is 0 Å². The van der Waals surface area contributed by atoms with E-state index in [4.69, 9.17) is 5.73 Å². The van der Waals surface area contributed by atoms with Crippen molar-refractivity contribution in [3.63, 3.8) is 0 Å². The summed E-state index contributed by atoms with van der Waals surface area (Å²) in [5.41, 5.74) is 5.81. The molecule has 2 heteroatoms. The van der Waals surface area contributed by atoms with Crippen LogP contribution in [0.25, 0.3) is 0 Å². The highest BCUT2D eigenvalue weighted by atomic mass is 15.1. The number of nitrogens with zero attached hydrogens (tertiary/aromatic N) is 1. The van der Waals surface area contributed by atoms with Crippen molar-refractivity contribution in [1.82, 2.24) is 4.90 Å². The molecule has 2 nitrogen and oxygen atoms in total. The van der Waals surface area contributed by atoms with Gasteiger partial charge < -0.3 is 10.6 Å². The van der Waals surface area contributed by atoms with E-state index in [0.717, 1.165) is 12.5 Å². The van der Waals surface area contributed by atoms with E-state index >= 15 is 0 Å². The van der Waals surface area contributed by atoms with Crippen molar-refractivity contribution in [1.29, 1.82) is 0 Å². The van der Waals surface area contributed by atoms with Crippen LogP contribution >= 0.6 is 0 Å². The molecule has 1 aliphatic rings. The van der Waals surface area contributed by atoms with E-state index in [1.165, 1.54) is 45.1 Å². The van der Waals surface area contributed by atoms with Crippen molar-refractivity contribution < 1.29 is 0 Å². The first-order chi connectivity index (χ1) is 6.77. The molecule has 1 rings (SSSR count). The van der Waals surface area contributed by atoms with Crippen molar-refractivity contribution in [2.24, 2.45) is 11.7 Å². The van der Waals surface area contributed by atoms with Gasteiger partial charge in [0.1, 0.15) is 0 Å². The van der Waals surface area contributed by atoms with Crippen LogP contribution in [0.2, 0.25) is 0 Å². The molecule has 0 bridgehead atoms. The number of hydrogen-bond acceptors (Lipinski definition) is 2. The normalized spacial score (nSPS) is 19.7.